The number of rotatable bonds is 16. The molecule has 2 unspecified atom stereocenters. The number of hydrogen-bond acceptors (Lipinski definition) is 6. The first-order chi connectivity index (χ1) is 24.7. The maximum Gasteiger partial charge on any atom is 0.171 e. The lowest BCUT2D eigenvalue weighted by Crippen LogP contribution is -3.00. The summed E-state index contributed by atoms with van der Waals surface area (Å²) in [6.45, 7) is 13.5. The van der Waals surface area contributed by atoms with Gasteiger partial charge in [-0.1, -0.05) is 20.8 Å². The number of nitrogens with zero attached hydrogens (tertiary/aromatic N) is 2. The van der Waals surface area contributed by atoms with Gasteiger partial charge in [0.15, 0.2) is 5.79 Å². The molecule has 1 heterocycles. The van der Waals surface area contributed by atoms with Crippen LogP contribution in [0.4, 0.5) is 0 Å². The van der Waals surface area contributed by atoms with Crippen LogP contribution < -0.4 is 66.9 Å². The zero-order chi connectivity index (χ0) is 37.6. The van der Waals surface area contributed by atoms with Gasteiger partial charge in [-0.15, -0.1) is 0 Å². The van der Waals surface area contributed by atoms with Gasteiger partial charge in [0.1, 0.15) is 74.5 Å². The zero-order valence-corrected chi connectivity index (χ0v) is 38.0. The van der Waals surface area contributed by atoms with Crippen LogP contribution in [0.5, 0.6) is 23.0 Å². The summed E-state index contributed by atoms with van der Waals surface area (Å²) in [5.41, 5.74) is 4.72. The van der Waals surface area contributed by atoms with Crippen molar-refractivity contribution in [1.82, 2.24) is 0 Å². The molecule has 2 atom stereocenters. The molecule has 8 nitrogen and oxygen atoms in total. The van der Waals surface area contributed by atoms with Crippen LogP contribution in [0.3, 0.4) is 0 Å². The molecule has 10 heteroatoms. The standard InChI is InChI=1S/C44H60N2O6.2HI/c1-43(2,3)44(4)51-41(31-45(5,27-33-11-19-37(47-7)20-12-33)28-34-13-21-38(48-8)22-14-34)42(52-44)32-46(6,29-35-15-23-39(49-9)24-16-35)30-36-17-25-40(50-10)26-18-36;;/h11-26,41-42H,27-32H2,1-10H3;2*1H/q+2;;/p-2. The van der Waals surface area contributed by atoms with Crippen molar-refractivity contribution in [3.8, 4) is 23.0 Å². The van der Waals surface area contributed by atoms with E-state index in [1.807, 2.05) is 48.5 Å². The fraction of sp³-hybridized carbons (Fsp3) is 0.455. The Morgan fingerprint density at radius 2 is 0.704 bits per heavy atom. The molecule has 296 valence electrons. The third-order valence-corrected chi connectivity index (χ3v) is 10.7. The Morgan fingerprint density at radius 1 is 0.481 bits per heavy atom. The van der Waals surface area contributed by atoms with E-state index in [2.05, 4.69) is 90.3 Å². The zero-order valence-electron chi connectivity index (χ0n) is 33.7. The summed E-state index contributed by atoms with van der Waals surface area (Å²) in [7, 11) is 11.5. The van der Waals surface area contributed by atoms with Gasteiger partial charge in [0.05, 0.1) is 42.5 Å². The van der Waals surface area contributed by atoms with Crippen LogP contribution in [0.2, 0.25) is 0 Å². The predicted octanol–water partition coefficient (Wildman–Crippen LogP) is 2.27. The van der Waals surface area contributed by atoms with Gasteiger partial charge in [-0.2, -0.15) is 0 Å². The summed E-state index contributed by atoms with van der Waals surface area (Å²) < 4.78 is 37.7. The fourth-order valence-corrected chi connectivity index (χ4v) is 7.35. The van der Waals surface area contributed by atoms with Gasteiger partial charge in [0.25, 0.3) is 0 Å². The SMILES string of the molecule is COc1ccc(C[N+](C)(Cc2ccc(OC)cc2)CC2OC(C)(C(C)(C)C)OC2C[N+](C)(Cc2ccc(OC)cc2)Cc2ccc(OC)cc2)cc1.[I-].[I-]. The molecule has 0 saturated carbocycles. The first-order valence-electron chi connectivity index (χ1n) is 18.2. The van der Waals surface area contributed by atoms with Crippen molar-refractivity contribution in [3.05, 3.63) is 119 Å². The molecule has 1 saturated heterocycles. The smallest absolute Gasteiger partial charge is 0.171 e. The number of benzene rings is 4. The Morgan fingerprint density at radius 3 is 0.889 bits per heavy atom. The van der Waals surface area contributed by atoms with E-state index in [-0.39, 0.29) is 65.6 Å². The summed E-state index contributed by atoms with van der Waals surface area (Å²) >= 11 is 0. The summed E-state index contributed by atoms with van der Waals surface area (Å²) in [6, 6.07) is 33.7. The highest BCUT2D eigenvalue weighted by Gasteiger charge is 2.55. The first kappa shape index (κ1) is 45.8. The molecule has 0 N–H and O–H groups in total. The minimum absolute atomic E-state index is 0. The van der Waals surface area contributed by atoms with E-state index < -0.39 is 5.79 Å². The van der Waals surface area contributed by atoms with Crippen molar-refractivity contribution in [3.63, 3.8) is 0 Å². The van der Waals surface area contributed by atoms with Crippen LogP contribution in [0.25, 0.3) is 0 Å². The van der Waals surface area contributed by atoms with Crippen molar-refractivity contribution >= 4 is 0 Å². The van der Waals surface area contributed by atoms with Crippen LogP contribution in [-0.4, -0.2) is 82.6 Å². The molecule has 0 aliphatic carbocycles. The Bertz CT molecular complexity index is 1490. The van der Waals surface area contributed by atoms with E-state index in [1.54, 1.807) is 28.4 Å². The van der Waals surface area contributed by atoms with E-state index in [0.717, 1.165) is 71.2 Å². The Kier molecular flexibility index (Phi) is 16.5. The van der Waals surface area contributed by atoms with Crippen LogP contribution in [0, 0.1) is 5.41 Å². The van der Waals surface area contributed by atoms with Gasteiger partial charge in [-0.05, 0) is 104 Å². The van der Waals surface area contributed by atoms with Crippen molar-refractivity contribution in [2.45, 2.75) is 71.9 Å². The molecule has 4 aromatic rings. The molecule has 0 radical (unpaired) electrons. The molecule has 1 aliphatic heterocycles. The lowest BCUT2D eigenvalue weighted by molar-refractivity contribution is -0.944. The molecular weight excluding hydrogens is 906 g/mol. The molecule has 0 aromatic heterocycles. The van der Waals surface area contributed by atoms with Crippen LogP contribution in [0.1, 0.15) is 49.9 Å². The molecular formula is C44H60I2N2O6. The van der Waals surface area contributed by atoms with Crippen LogP contribution >= 0.6 is 0 Å². The Balaban J connectivity index is 0.00000392. The highest BCUT2D eigenvalue weighted by Crippen LogP contribution is 2.44. The summed E-state index contributed by atoms with van der Waals surface area (Å²) in [5.74, 6) is 2.65. The van der Waals surface area contributed by atoms with Gasteiger partial charge < -0.3 is 85.3 Å². The second-order valence-corrected chi connectivity index (χ2v) is 16.1. The Hall–Kier alpha value is -2.62. The van der Waals surface area contributed by atoms with Crippen molar-refractivity contribution in [2.24, 2.45) is 5.41 Å². The fourth-order valence-electron chi connectivity index (χ4n) is 7.35. The van der Waals surface area contributed by atoms with Crippen molar-refractivity contribution in [2.75, 3.05) is 55.6 Å². The van der Waals surface area contributed by atoms with E-state index >= 15 is 0 Å². The van der Waals surface area contributed by atoms with E-state index in [9.17, 15) is 0 Å². The third-order valence-electron chi connectivity index (χ3n) is 10.7. The summed E-state index contributed by atoms with van der Waals surface area (Å²) in [4.78, 5) is 0. The highest BCUT2D eigenvalue weighted by atomic mass is 127. The molecule has 1 fully saturated rings. The first-order valence-corrected chi connectivity index (χ1v) is 18.2. The average molecular weight is 967 g/mol. The summed E-state index contributed by atoms with van der Waals surface area (Å²) in [5, 5.41) is 0. The van der Waals surface area contributed by atoms with Gasteiger partial charge in [-0.3, -0.25) is 0 Å². The maximum absolute atomic E-state index is 7.16. The van der Waals surface area contributed by atoms with E-state index in [0.29, 0.717) is 0 Å². The van der Waals surface area contributed by atoms with E-state index in [4.69, 9.17) is 28.4 Å². The lowest BCUT2D eigenvalue weighted by Gasteiger charge is -2.40. The largest absolute Gasteiger partial charge is 1.00 e. The molecule has 1 aliphatic rings. The highest BCUT2D eigenvalue weighted by molar-refractivity contribution is 5.29. The minimum atomic E-state index is -0.765. The quantitative estimate of drug-likeness (QED) is 0.127. The molecule has 0 amide bonds. The minimum Gasteiger partial charge on any atom is -1.00 e. The number of likely N-dealkylation sites (N-methyl/N-ethyl adjacent to an activating group) is 2. The molecule has 0 bridgehead atoms. The second kappa shape index (κ2) is 19.5. The van der Waals surface area contributed by atoms with Gasteiger partial charge in [0, 0.05) is 27.7 Å². The monoisotopic (exact) mass is 966 g/mol. The number of methoxy groups -OCH3 is 4. The molecule has 4 aromatic carbocycles. The van der Waals surface area contributed by atoms with Crippen LogP contribution in [0.15, 0.2) is 97.1 Å². The lowest BCUT2D eigenvalue weighted by atomic mass is 9.87. The van der Waals surface area contributed by atoms with Gasteiger partial charge >= 0.3 is 0 Å². The second-order valence-electron chi connectivity index (χ2n) is 16.1. The molecule has 54 heavy (non-hydrogen) atoms. The normalized spacial score (nSPS) is 18.6. The number of ether oxygens (including phenoxy) is 6. The van der Waals surface area contributed by atoms with Crippen molar-refractivity contribution in [1.29, 1.82) is 0 Å². The predicted molar refractivity (Wildman–Crippen MR) is 207 cm³/mol. The number of halogens is 2. The average Bonchev–Trinajstić information content (AvgIpc) is 3.43. The molecule has 0 spiro atoms. The topological polar surface area (TPSA) is 55.4 Å². The number of hydrogen-bond donors (Lipinski definition) is 0. The Labute approximate surface area is 358 Å². The van der Waals surface area contributed by atoms with Gasteiger partial charge in [0.2, 0.25) is 0 Å². The maximum atomic E-state index is 7.16. The van der Waals surface area contributed by atoms with E-state index in [1.165, 1.54) is 22.3 Å². The summed E-state index contributed by atoms with van der Waals surface area (Å²) in [6.07, 6.45) is -0.315. The van der Waals surface area contributed by atoms with Crippen LogP contribution in [-0.2, 0) is 35.7 Å². The van der Waals surface area contributed by atoms with Crippen molar-refractivity contribution < 1.29 is 85.3 Å². The number of quaternary nitrogens is 2. The van der Waals surface area contributed by atoms with Gasteiger partial charge in [-0.25, -0.2) is 0 Å². The third kappa shape index (κ3) is 11.9. The molecule has 5 rings (SSSR count).